The van der Waals surface area contributed by atoms with Crippen molar-refractivity contribution in [3.63, 3.8) is 0 Å². The predicted molar refractivity (Wildman–Crippen MR) is 84.7 cm³/mol. The van der Waals surface area contributed by atoms with Gasteiger partial charge in [0.15, 0.2) is 0 Å². The largest absolute Gasteiger partial charge is 0.459 e. The monoisotopic (exact) mass is 359 g/mol. The smallest absolute Gasteiger partial charge is 0.147 e. The Morgan fingerprint density at radius 2 is 2.10 bits per heavy atom. The molecular weight excluding hydrogens is 342 g/mol. The zero-order valence-corrected chi connectivity index (χ0v) is 13.9. The molecule has 0 aliphatic rings. The number of fused-ring (bicyclic) bond motifs is 1. The van der Waals surface area contributed by atoms with E-state index in [-0.39, 0.29) is 11.8 Å². The molecule has 0 spiro atoms. The van der Waals surface area contributed by atoms with Crippen molar-refractivity contribution in [3.8, 4) is 0 Å². The zero-order chi connectivity index (χ0) is 14.8. The number of sulfone groups is 1. The summed E-state index contributed by atoms with van der Waals surface area (Å²) >= 11 is 3.43. The summed E-state index contributed by atoms with van der Waals surface area (Å²) in [7, 11) is -2.88. The third kappa shape index (κ3) is 4.33. The van der Waals surface area contributed by atoms with E-state index in [1.165, 1.54) is 6.26 Å². The van der Waals surface area contributed by atoms with E-state index in [2.05, 4.69) is 21.2 Å². The first kappa shape index (κ1) is 15.5. The molecule has 4 nitrogen and oxygen atoms in total. The Hall–Kier alpha value is -0.850. The summed E-state index contributed by atoms with van der Waals surface area (Å²) in [6, 6.07) is 7.95. The van der Waals surface area contributed by atoms with Crippen LogP contribution in [0.4, 0.5) is 0 Å². The summed E-state index contributed by atoms with van der Waals surface area (Å²) in [4.78, 5) is 0. The van der Waals surface area contributed by atoms with Crippen LogP contribution < -0.4 is 5.32 Å². The molecule has 0 bridgehead atoms. The number of furan rings is 1. The third-order valence-corrected chi connectivity index (χ3v) is 4.59. The highest BCUT2D eigenvalue weighted by Gasteiger charge is 2.11. The first-order chi connectivity index (χ1) is 9.35. The molecule has 1 aromatic heterocycles. The second-order valence-corrected chi connectivity index (χ2v) is 8.17. The molecule has 20 heavy (non-hydrogen) atoms. The Morgan fingerprint density at radius 3 is 2.80 bits per heavy atom. The van der Waals surface area contributed by atoms with Crippen LogP contribution in [0.25, 0.3) is 11.0 Å². The SMILES string of the molecule is CC(NCCCS(C)(=O)=O)c1cc2cc(Br)ccc2o1. The van der Waals surface area contributed by atoms with Crippen LogP contribution in [0.2, 0.25) is 0 Å². The molecule has 2 aromatic rings. The van der Waals surface area contributed by atoms with Gasteiger partial charge in [0.05, 0.1) is 11.8 Å². The van der Waals surface area contributed by atoms with Crippen molar-refractivity contribution in [1.29, 1.82) is 0 Å². The van der Waals surface area contributed by atoms with Crippen LogP contribution >= 0.6 is 15.9 Å². The molecule has 2 rings (SSSR count). The van der Waals surface area contributed by atoms with Gasteiger partial charge in [-0.15, -0.1) is 0 Å². The Balaban J connectivity index is 1.95. The number of hydrogen-bond acceptors (Lipinski definition) is 4. The summed E-state index contributed by atoms with van der Waals surface area (Å²) in [6.07, 6.45) is 1.86. The minimum Gasteiger partial charge on any atom is -0.459 e. The maximum atomic E-state index is 11.0. The average Bonchev–Trinajstić information content (AvgIpc) is 2.76. The summed E-state index contributed by atoms with van der Waals surface area (Å²) in [6.45, 7) is 2.65. The summed E-state index contributed by atoms with van der Waals surface area (Å²) in [5.41, 5.74) is 0.855. The van der Waals surface area contributed by atoms with Gasteiger partial charge in [-0.25, -0.2) is 8.42 Å². The summed E-state index contributed by atoms with van der Waals surface area (Å²) in [5.74, 6) is 1.07. The van der Waals surface area contributed by atoms with Crippen LogP contribution in [-0.2, 0) is 9.84 Å². The van der Waals surface area contributed by atoms with Crippen LogP contribution in [0.1, 0.15) is 25.1 Å². The highest BCUT2D eigenvalue weighted by atomic mass is 79.9. The van der Waals surface area contributed by atoms with E-state index in [4.69, 9.17) is 4.42 Å². The van der Waals surface area contributed by atoms with Crippen molar-refractivity contribution in [2.75, 3.05) is 18.6 Å². The molecule has 1 heterocycles. The molecule has 0 aliphatic heterocycles. The lowest BCUT2D eigenvalue weighted by atomic mass is 10.2. The predicted octanol–water partition coefficient (Wildman–Crippen LogP) is 3.28. The Labute approximate surface area is 127 Å². The zero-order valence-electron chi connectivity index (χ0n) is 11.5. The minimum absolute atomic E-state index is 0.0562. The molecule has 0 saturated carbocycles. The van der Waals surface area contributed by atoms with Gasteiger partial charge in [0.25, 0.3) is 0 Å². The molecule has 1 N–H and O–H groups in total. The molecule has 1 unspecified atom stereocenters. The molecule has 0 aliphatic carbocycles. The van der Waals surface area contributed by atoms with Gasteiger partial charge >= 0.3 is 0 Å². The number of benzene rings is 1. The Bertz CT molecular complexity index is 694. The molecule has 1 aromatic carbocycles. The van der Waals surface area contributed by atoms with Crippen molar-refractivity contribution in [3.05, 3.63) is 34.5 Å². The molecule has 0 saturated heterocycles. The van der Waals surface area contributed by atoms with Crippen molar-refractivity contribution in [2.24, 2.45) is 0 Å². The topological polar surface area (TPSA) is 59.3 Å². The van der Waals surface area contributed by atoms with Gasteiger partial charge in [-0.3, -0.25) is 0 Å². The summed E-state index contributed by atoms with van der Waals surface area (Å²) in [5, 5.41) is 4.33. The lowest BCUT2D eigenvalue weighted by molar-refractivity contribution is 0.451. The first-order valence-corrected chi connectivity index (χ1v) is 9.30. The van der Waals surface area contributed by atoms with Crippen LogP contribution in [-0.4, -0.2) is 27.0 Å². The fraction of sp³-hybridized carbons (Fsp3) is 0.429. The number of halogens is 1. The van der Waals surface area contributed by atoms with E-state index in [1.807, 2.05) is 31.2 Å². The fourth-order valence-electron chi connectivity index (χ4n) is 2.00. The average molecular weight is 360 g/mol. The van der Waals surface area contributed by atoms with Gasteiger partial charge in [0.1, 0.15) is 21.2 Å². The number of rotatable bonds is 6. The van der Waals surface area contributed by atoms with E-state index in [9.17, 15) is 8.42 Å². The van der Waals surface area contributed by atoms with Crippen LogP contribution in [0.3, 0.4) is 0 Å². The molecule has 1 atom stereocenters. The number of hydrogen-bond donors (Lipinski definition) is 1. The third-order valence-electron chi connectivity index (χ3n) is 3.07. The van der Waals surface area contributed by atoms with E-state index in [1.54, 1.807) is 0 Å². The van der Waals surface area contributed by atoms with Gasteiger partial charge in [-0.2, -0.15) is 0 Å². The molecule has 0 radical (unpaired) electrons. The van der Waals surface area contributed by atoms with Gasteiger partial charge in [0.2, 0.25) is 0 Å². The second kappa shape index (κ2) is 6.28. The van der Waals surface area contributed by atoms with E-state index < -0.39 is 9.84 Å². The lowest BCUT2D eigenvalue weighted by Gasteiger charge is -2.10. The van der Waals surface area contributed by atoms with Crippen molar-refractivity contribution >= 4 is 36.7 Å². The van der Waals surface area contributed by atoms with Crippen molar-refractivity contribution < 1.29 is 12.8 Å². The van der Waals surface area contributed by atoms with Crippen LogP contribution in [0.5, 0.6) is 0 Å². The van der Waals surface area contributed by atoms with Crippen molar-refractivity contribution in [1.82, 2.24) is 5.32 Å². The van der Waals surface area contributed by atoms with Crippen molar-refractivity contribution in [2.45, 2.75) is 19.4 Å². The van der Waals surface area contributed by atoms with E-state index in [0.717, 1.165) is 21.2 Å². The van der Waals surface area contributed by atoms with Gasteiger partial charge < -0.3 is 9.73 Å². The minimum atomic E-state index is -2.88. The molecular formula is C14H18BrNO3S. The normalized spacial score (nSPS) is 13.8. The molecule has 6 heteroatoms. The van der Waals surface area contributed by atoms with E-state index >= 15 is 0 Å². The van der Waals surface area contributed by atoms with Gasteiger partial charge in [-0.1, -0.05) is 15.9 Å². The Kier molecular flexibility index (Phi) is 4.88. The quantitative estimate of drug-likeness (QED) is 0.804. The maximum absolute atomic E-state index is 11.0. The molecule has 0 amide bonds. The van der Waals surface area contributed by atoms with Gasteiger partial charge in [-0.05, 0) is 44.2 Å². The summed E-state index contributed by atoms with van der Waals surface area (Å²) < 4.78 is 28.9. The Morgan fingerprint density at radius 1 is 1.35 bits per heavy atom. The van der Waals surface area contributed by atoms with Crippen LogP contribution in [0.15, 0.2) is 33.2 Å². The standard InChI is InChI=1S/C14H18BrNO3S/c1-10(16-6-3-7-20(2,17)18)14-9-11-8-12(15)4-5-13(11)19-14/h4-5,8-10,16H,3,6-7H2,1-2H3. The molecule has 110 valence electrons. The highest BCUT2D eigenvalue weighted by Crippen LogP contribution is 2.26. The second-order valence-electron chi connectivity index (χ2n) is 4.99. The molecule has 0 fully saturated rings. The van der Waals surface area contributed by atoms with Gasteiger partial charge in [0, 0.05) is 16.1 Å². The van der Waals surface area contributed by atoms with E-state index in [0.29, 0.717) is 13.0 Å². The fourth-order valence-corrected chi connectivity index (χ4v) is 3.05. The maximum Gasteiger partial charge on any atom is 0.147 e. The number of nitrogens with one attached hydrogen (secondary N) is 1. The lowest BCUT2D eigenvalue weighted by Crippen LogP contribution is -2.21. The first-order valence-electron chi connectivity index (χ1n) is 6.45. The van der Waals surface area contributed by atoms with Crippen LogP contribution in [0, 0.1) is 0 Å². The highest BCUT2D eigenvalue weighted by molar-refractivity contribution is 9.10.